The van der Waals surface area contributed by atoms with Gasteiger partial charge in [0.05, 0.1) is 26.4 Å². The van der Waals surface area contributed by atoms with Crippen molar-refractivity contribution in [3.05, 3.63) is 0 Å². The van der Waals surface area contributed by atoms with Gasteiger partial charge in [-0.3, -0.25) is 37.3 Å². The third-order valence-corrected chi connectivity index (χ3v) is 18.0. The predicted molar refractivity (Wildman–Crippen MR) is 344 cm³/mol. The molecule has 0 spiro atoms. The van der Waals surface area contributed by atoms with Crippen molar-refractivity contribution < 1.29 is 80.2 Å². The number of carbonyl (C=O) groups is 4. The fraction of sp³-hybridized carbons (Fsp3) is 0.940. The van der Waals surface area contributed by atoms with Crippen LogP contribution in [-0.4, -0.2) is 96.7 Å². The van der Waals surface area contributed by atoms with Crippen molar-refractivity contribution in [1.29, 1.82) is 0 Å². The topological polar surface area (TPSA) is 237 Å². The van der Waals surface area contributed by atoms with Crippen molar-refractivity contribution in [2.45, 2.75) is 349 Å². The molecule has 0 aromatic heterocycles. The lowest BCUT2D eigenvalue weighted by Crippen LogP contribution is -2.30. The molecule has 4 unspecified atom stereocenters. The van der Waals surface area contributed by atoms with E-state index in [9.17, 15) is 43.2 Å². The average molecular weight is 1270 g/mol. The number of ether oxygens (including phenoxy) is 4. The number of hydrogen-bond donors (Lipinski definition) is 3. The maximum atomic E-state index is 13.0. The summed E-state index contributed by atoms with van der Waals surface area (Å²) in [6, 6.07) is 0. The molecule has 0 aromatic carbocycles. The van der Waals surface area contributed by atoms with Crippen LogP contribution in [0.2, 0.25) is 0 Å². The predicted octanol–water partition coefficient (Wildman–Crippen LogP) is 18.7. The van der Waals surface area contributed by atoms with Gasteiger partial charge in [-0.25, -0.2) is 9.13 Å². The highest BCUT2D eigenvalue weighted by Crippen LogP contribution is 2.45. The Labute approximate surface area is 524 Å². The highest BCUT2D eigenvalue weighted by molar-refractivity contribution is 7.47. The molecule has 0 aliphatic rings. The van der Waals surface area contributed by atoms with Crippen LogP contribution < -0.4 is 0 Å². The van der Waals surface area contributed by atoms with E-state index in [1.807, 2.05) is 0 Å². The molecular formula is C67H130O17P2. The number of carbonyl (C=O) groups excluding carboxylic acids is 4. The summed E-state index contributed by atoms with van der Waals surface area (Å²) in [6.07, 6.45) is 40.5. The summed E-state index contributed by atoms with van der Waals surface area (Å²) in [4.78, 5) is 72.3. The largest absolute Gasteiger partial charge is 0.472 e. The zero-order valence-corrected chi connectivity index (χ0v) is 57.6. The first-order chi connectivity index (χ1) is 41.3. The van der Waals surface area contributed by atoms with Gasteiger partial charge in [-0.2, -0.15) is 0 Å². The molecule has 0 saturated heterocycles. The molecule has 0 fully saturated rings. The summed E-state index contributed by atoms with van der Waals surface area (Å²) in [5, 5.41) is 10.5. The van der Waals surface area contributed by atoms with Crippen molar-refractivity contribution in [2.75, 3.05) is 39.6 Å². The van der Waals surface area contributed by atoms with E-state index in [1.165, 1.54) is 135 Å². The number of rotatable bonds is 65. The van der Waals surface area contributed by atoms with Crippen molar-refractivity contribution in [1.82, 2.24) is 0 Å². The Kier molecular flexibility index (Phi) is 56.9. The molecule has 17 nitrogen and oxygen atoms in total. The molecule has 0 aromatic rings. The Morgan fingerprint density at radius 3 is 0.884 bits per heavy atom. The first-order valence-corrected chi connectivity index (χ1v) is 37.9. The summed E-state index contributed by atoms with van der Waals surface area (Å²) in [7, 11) is -9.89. The Morgan fingerprint density at radius 1 is 0.337 bits per heavy atom. The van der Waals surface area contributed by atoms with E-state index in [0.29, 0.717) is 31.6 Å². The molecule has 0 aliphatic heterocycles. The van der Waals surface area contributed by atoms with Crippen LogP contribution in [0, 0.1) is 17.8 Å². The third kappa shape index (κ3) is 58.4. The minimum absolute atomic E-state index is 0.102. The number of aliphatic hydroxyl groups is 1. The molecule has 0 aliphatic carbocycles. The van der Waals surface area contributed by atoms with Gasteiger partial charge < -0.3 is 33.8 Å². The molecule has 7 atom stereocenters. The normalized spacial score (nSPS) is 14.9. The van der Waals surface area contributed by atoms with Gasteiger partial charge in [-0.1, -0.05) is 280 Å². The molecule has 0 bridgehead atoms. The van der Waals surface area contributed by atoms with Crippen molar-refractivity contribution >= 4 is 39.5 Å². The maximum Gasteiger partial charge on any atom is 0.472 e. The molecular weight excluding hydrogens is 1140 g/mol. The lowest BCUT2D eigenvalue weighted by Gasteiger charge is -2.21. The van der Waals surface area contributed by atoms with Crippen LogP contribution >= 0.6 is 15.6 Å². The van der Waals surface area contributed by atoms with Crippen LogP contribution in [0.5, 0.6) is 0 Å². The fourth-order valence-corrected chi connectivity index (χ4v) is 11.5. The first-order valence-electron chi connectivity index (χ1n) is 34.9. The molecule has 0 amide bonds. The van der Waals surface area contributed by atoms with Gasteiger partial charge in [0.15, 0.2) is 12.2 Å². The summed E-state index contributed by atoms with van der Waals surface area (Å²) >= 11 is 0. The molecule has 510 valence electrons. The van der Waals surface area contributed by atoms with E-state index in [0.717, 1.165) is 108 Å². The summed E-state index contributed by atoms with van der Waals surface area (Å²) < 4.78 is 68.0. The SMILES string of the molecule is CCCCCCCCCCCC(=O)OC[C@H](COP(=O)(O)OC[C@H](O)COP(=O)(O)OC[C@@H](COC(=O)CCCCCCCCC(C)CC)OC(=O)CCCCCCCCCCCCCCCCC(C)CC)OC(=O)CCCCCCCCC(C)C. The lowest BCUT2D eigenvalue weighted by molar-refractivity contribution is -0.161. The third-order valence-electron chi connectivity index (χ3n) is 16.1. The van der Waals surface area contributed by atoms with Crippen molar-refractivity contribution in [2.24, 2.45) is 17.8 Å². The Bertz CT molecular complexity index is 1700. The van der Waals surface area contributed by atoms with Crippen LogP contribution in [-0.2, 0) is 65.4 Å². The van der Waals surface area contributed by atoms with E-state index in [2.05, 4.69) is 48.5 Å². The molecule has 0 radical (unpaired) electrons. The Hall–Kier alpha value is -1.94. The van der Waals surface area contributed by atoms with E-state index in [1.54, 1.807) is 0 Å². The van der Waals surface area contributed by atoms with E-state index in [-0.39, 0.29) is 25.7 Å². The highest BCUT2D eigenvalue weighted by atomic mass is 31.2. The van der Waals surface area contributed by atoms with Crippen LogP contribution in [0.4, 0.5) is 0 Å². The number of unbranched alkanes of at least 4 members (excludes halogenated alkanes) is 31. The quantitative estimate of drug-likeness (QED) is 0.0222. The number of aliphatic hydroxyl groups excluding tert-OH is 1. The number of phosphoric acid groups is 2. The summed E-state index contributed by atoms with van der Waals surface area (Å²) in [6.45, 7) is 11.7. The monoisotopic (exact) mass is 1270 g/mol. The van der Waals surface area contributed by atoms with E-state index in [4.69, 9.17) is 37.0 Å². The second-order valence-electron chi connectivity index (χ2n) is 25.2. The highest BCUT2D eigenvalue weighted by Gasteiger charge is 2.30. The second kappa shape index (κ2) is 58.2. The van der Waals surface area contributed by atoms with Gasteiger partial charge in [-0.05, 0) is 43.4 Å². The number of esters is 4. The molecule has 0 heterocycles. The standard InChI is InChI=1S/C67H130O17P2/c1-8-11-12-13-14-21-25-34-41-48-64(69)77-54-63(84-67(72)51-44-37-29-27-31-38-45-58(4)5)57-82-86(75,76)80-53-61(68)52-79-85(73,74)81-56-62(55-78-65(70)49-42-35-30-28-33-40-47-60(7)10-3)83-66(71)50-43-36-26-23-20-18-16-15-17-19-22-24-32-39-46-59(6)9-2/h58-63,68H,8-57H2,1-7H3,(H,73,74)(H,75,76)/t59?,60?,61-,62-,63-/m1/s1. The molecule has 3 N–H and O–H groups in total. The van der Waals surface area contributed by atoms with Gasteiger partial charge >= 0.3 is 39.5 Å². The van der Waals surface area contributed by atoms with Crippen molar-refractivity contribution in [3.8, 4) is 0 Å². The minimum atomic E-state index is -4.95. The molecule has 0 rings (SSSR count). The molecule has 19 heteroatoms. The maximum absolute atomic E-state index is 13.0. The smallest absolute Gasteiger partial charge is 0.462 e. The number of phosphoric ester groups is 2. The van der Waals surface area contributed by atoms with Gasteiger partial charge in [0.2, 0.25) is 0 Å². The Balaban J connectivity index is 5.19. The van der Waals surface area contributed by atoms with Gasteiger partial charge in [0.1, 0.15) is 19.3 Å². The van der Waals surface area contributed by atoms with Gasteiger partial charge in [-0.15, -0.1) is 0 Å². The number of hydrogen-bond acceptors (Lipinski definition) is 15. The van der Waals surface area contributed by atoms with Gasteiger partial charge in [0.25, 0.3) is 0 Å². The molecule has 86 heavy (non-hydrogen) atoms. The average Bonchev–Trinajstić information content (AvgIpc) is 3.69. The fourth-order valence-electron chi connectivity index (χ4n) is 9.95. The van der Waals surface area contributed by atoms with Crippen molar-refractivity contribution in [3.63, 3.8) is 0 Å². The van der Waals surface area contributed by atoms with Gasteiger partial charge in [0, 0.05) is 25.7 Å². The zero-order valence-electron chi connectivity index (χ0n) is 55.8. The van der Waals surface area contributed by atoms with E-state index >= 15 is 0 Å². The first kappa shape index (κ1) is 84.1. The summed E-state index contributed by atoms with van der Waals surface area (Å²) in [5.41, 5.74) is 0. The van der Waals surface area contributed by atoms with Crippen LogP contribution in [0.1, 0.15) is 331 Å². The minimum Gasteiger partial charge on any atom is -0.462 e. The zero-order chi connectivity index (χ0) is 63.8. The summed E-state index contributed by atoms with van der Waals surface area (Å²) in [5.74, 6) is 0.109. The second-order valence-corrected chi connectivity index (χ2v) is 28.1. The van der Waals surface area contributed by atoms with Crippen LogP contribution in [0.25, 0.3) is 0 Å². The van der Waals surface area contributed by atoms with E-state index < -0.39 is 97.5 Å². The molecule has 0 saturated carbocycles. The Morgan fingerprint density at radius 2 is 0.593 bits per heavy atom. The lowest BCUT2D eigenvalue weighted by atomic mass is 9.99. The van der Waals surface area contributed by atoms with Crippen LogP contribution in [0.15, 0.2) is 0 Å². The van der Waals surface area contributed by atoms with Crippen LogP contribution in [0.3, 0.4) is 0 Å².